The molecule has 0 bridgehead atoms. The maximum absolute atomic E-state index is 10.9. The van der Waals surface area contributed by atoms with E-state index in [0.717, 1.165) is 17.6 Å². The molecule has 0 atom stereocenters. The van der Waals surface area contributed by atoms with Crippen LogP contribution in [0.3, 0.4) is 0 Å². The Morgan fingerprint density at radius 2 is 2.40 bits per heavy atom. The zero-order valence-corrected chi connectivity index (χ0v) is 8.41. The summed E-state index contributed by atoms with van der Waals surface area (Å²) in [5.41, 5.74) is 2.33. The van der Waals surface area contributed by atoms with Gasteiger partial charge in [0.15, 0.2) is 5.58 Å². The van der Waals surface area contributed by atoms with Crippen molar-refractivity contribution in [3.63, 3.8) is 0 Å². The molecule has 2 N–H and O–H groups in total. The number of oxazole rings is 1. The summed E-state index contributed by atoms with van der Waals surface area (Å²) in [5.74, 6) is -0.415. The molecule has 0 saturated carbocycles. The van der Waals surface area contributed by atoms with Crippen LogP contribution < -0.4 is 11.1 Å². The number of aromatic amines is 1. The van der Waals surface area contributed by atoms with Crippen molar-refractivity contribution in [2.24, 2.45) is 0 Å². The molecular formula is C11H12N2O2. The minimum atomic E-state index is -0.415. The number of benzene rings is 1. The first-order valence-corrected chi connectivity index (χ1v) is 4.73. The van der Waals surface area contributed by atoms with E-state index in [1.165, 1.54) is 0 Å². The lowest BCUT2D eigenvalue weighted by Crippen LogP contribution is -2.03. The number of nitrogens with one attached hydrogen (secondary N) is 2. The average Bonchev–Trinajstić information content (AvgIpc) is 2.57. The fraction of sp³-hybridized carbons (Fsp3) is 0.182. The molecular weight excluding hydrogens is 192 g/mol. The van der Waals surface area contributed by atoms with Gasteiger partial charge in [-0.2, -0.15) is 0 Å². The number of H-pyrrole nitrogens is 1. The van der Waals surface area contributed by atoms with Gasteiger partial charge in [-0.25, -0.2) is 4.79 Å². The Balaban J connectivity index is 2.34. The maximum atomic E-state index is 10.9. The van der Waals surface area contributed by atoms with E-state index in [2.05, 4.69) is 10.3 Å². The molecule has 78 valence electrons. The van der Waals surface area contributed by atoms with Crippen molar-refractivity contribution < 1.29 is 4.42 Å². The maximum Gasteiger partial charge on any atom is 0.417 e. The fourth-order valence-electron chi connectivity index (χ4n) is 1.38. The molecule has 0 amide bonds. The van der Waals surface area contributed by atoms with Gasteiger partial charge >= 0.3 is 5.76 Å². The molecule has 4 nitrogen and oxygen atoms in total. The van der Waals surface area contributed by atoms with Gasteiger partial charge in [0.05, 0.1) is 5.52 Å². The molecule has 0 aliphatic carbocycles. The summed E-state index contributed by atoms with van der Waals surface area (Å²) >= 11 is 0. The summed E-state index contributed by atoms with van der Waals surface area (Å²) in [6.45, 7) is 0.815. The Bertz CT molecular complexity index is 537. The molecule has 2 aromatic rings. The summed E-state index contributed by atoms with van der Waals surface area (Å²) in [6.07, 6.45) is 3.98. The van der Waals surface area contributed by atoms with Gasteiger partial charge in [0.1, 0.15) is 0 Å². The van der Waals surface area contributed by atoms with Crippen LogP contribution in [0.25, 0.3) is 17.2 Å². The van der Waals surface area contributed by atoms with E-state index >= 15 is 0 Å². The average molecular weight is 204 g/mol. The molecule has 0 radical (unpaired) electrons. The number of fused-ring (bicyclic) bond motifs is 1. The van der Waals surface area contributed by atoms with Crippen LogP contribution in [0.1, 0.15) is 5.56 Å². The Labute approximate surface area is 86.6 Å². The SMILES string of the molecule is CNCC=Cc1ccc2[nH]c(=O)oc2c1. The van der Waals surface area contributed by atoms with Gasteiger partial charge in [0.2, 0.25) is 0 Å². The first-order valence-electron chi connectivity index (χ1n) is 4.73. The van der Waals surface area contributed by atoms with E-state index in [4.69, 9.17) is 4.42 Å². The predicted molar refractivity (Wildman–Crippen MR) is 59.8 cm³/mol. The van der Waals surface area contributed by atoms with E-state index in [-0.39, 0.29) is 0 Å². The Kier molecular flexibility index (Phi) is 2.69. The zero-order valence-electron chi connectivity index (χ0n) is 8.41. The molecule has 0 aliphatic heterocycles. The second kappa shape index (κ2) is 4.14. The molecule has 0 saturated heterocycles. The van der Waals surface area contributed by atoms with Crippen molar-refractivity contribution in [2.75, 3.05) is 13.6 Å². The number of hydrogen-bond acceptors (Lipinski definition) is 3. The fourth-order valence-corrected chi connectivity index (χ4v) is 1.38. The summed E-state index contributed by atoms with van der Waals surface area (Å²) in [7, 11) is 1.89. The van der Waals surface area contributed by atoms with Crippen LogP contribution in [0.15, 0.2) is 33.5 Å². The summed E-state index contributed by atoms with van der Waals surface area (Å²) in [5, 5.41) is 3.01. The predicted octanol–water partition coefficient (Wildman–Crippen LogP) is 1.35. The minimum absolute atomic E-state index is 0.415. The molecule has 1 aromatic heterocycles. The van der Waals surface area contributed by atoms with Crippen LogP contribution in [0.4, 0.5) is 0 Å². The van der Waals surface area contributed by atoms with Crippen molar-refractivity contribution >= 4 is 17.2 Å². The minimum Gasteiger partial charge on any atom is -0.408 e. The van der Waals surface area contributed by atoms with E-state index < -0.39 is 5.76 Å². The lowest BCUT2D eigenvalue weighted by atomic mass is 10.2. The van der Waals surface area contributed by atoms with Crippen LogP contribution in [-0.2, 0) is 0 Å². The zero-order chi connectivity index (χ0) is 10.7. The Morgan fingerprint density at radius 1 is 1.53 bits per heavy atom. The van der Waals surface area contributed by atoms with E-state index in [0.29, 0.717) is 5.58 Å². The number of aromatic nitrogens is 1. The van der Waals surface area contributed by atoms with Crippen LogP contribution in [0, 0.1) is 0 Å². The number of likely N-dealkylation sites (N-methyl/N-ethyl adjacent to an activating group) is 1. The molecule has 4 heteroatoms. The van der Waals surface area contributed by atoms with Gasteiger partial charge < -0.3 is 9.73 Å². The smallest absolute Gasteiger partial charge is 0.408 e. The van der Waals surface area contributed by atoms with Gasteiger partial charge in [-0.05, 0) is 24.7 Å². The quantitative estimate of drug-likeness (QED) is 0.793. The summed E-state index contributed by atoms with van der Waals surface area (Å²) < 4.78 is 4.95. The molecule has 0 fully saturated rings. The number of rotatable bonds is 3. The van der Waals surface area contributed by atoms with Gasteiger partial charge in [0, 0.05) is 6.54 Å². The monoisotopic (exact) mass is 204 g/mol. The first kappa shape index (κ1) is 9.73. The molecule has 1 heterocycles. The highest BCUT2D eigenvalue weighted by Gasteiger charge is 1.99. The van der Waals surface area contributed by atoms with Crippen molar-refractivity contribution in [3.05, 3.63) is 40.4 Å². The van der Waals surface area contributed by atoms with Gasteiger partial charge in [0.25, 0.3) is 0 Å². The third kappa shape index (κ3) is 2.16. The molecule has 0 spiro atoms. The normalized spacial score (nSPS) is 11.5. The lowest BCUT2D eigenvalue weighted by molar-refractivity contribution is 0.555. The van der Waals surface area contributed by atoms with Crippen molar-refractivity contribution in [1.82, 2.24) is 10.3 Å². The van der Waals surface area contributed by atoms with Crippen LogP contribution in [0.5, 0.6) is 0 Å². The summed E-state index contributed by atoms with van der Waals surface area (Å²) in [6, 6.07) is 5.60. The van der Waals surface area contributed by atoms with Crippen molar-refractivity contribution in [3.8, 4) is 0 Å². The Morgan fingerprint density at radius 3 is 3.20 bits per heavy atom. The third-order valence-electron chi connectivity index (χ3n) is 2.08. The highest BCUT2D eigenvalue weighted by Crippen LogP contribution is 2.13. The molecule has 0 aliphatic rings. The van der Waals surface area contributed by atoms with Crippen LogP contribution >= 0.6 is 0 Å². The highest BCUT2D eigenvalue weighted by molar-refractivity contribution is 5.75. The third-order valence-corrected chi connectivity index (χ3v) is 2.08. The second-order valence-electron chi connectivity index (χ2n) is 3.23. The largest absolute Gasteiger partial charge is 0.417 e. The second-order valence-corrected chi connectivity index (χ2v) is 3.23. The van der Waals surface area contributed by atoms with Gasteiger partial charge in [-0.3, -0.25) is 4.98 Å². The van der Waals surface area contributed by atoms with Crippen molar-refractivity contribution in [2.45, 2.75) is 0 Å². The van der Waals surface area contributed by atoms with E-state index in [1.807, 2.05) is 37.4 Å². The highest BCUT2D eigenvalue weighted by atomic mass is 16.4. The standard InChI is InChI=1S/C11H12N2O2/c1-12-6-2-3-8-4-5-9-10(7-8)15-11(14)13-9/h2-5,7,12H,6H2,1H3,(H,13,14). The first-order chi connectivity index (χ1) is 7.29. The van der Waals surface area contributed by atoms with Crippen LogP contribution in [0.2, 0.25) is 0 Å². The molecule has 2 rings (SSSR count). The molecule has 1 aromatic carbocycles. The lowest BCUT2D eigenvalue weighted by Gasteiger charge is -1.93. The van der Waals surface area contributed by atoms with Crippen molar-refractivity contribution in [1.29, 1.82) is 0 Å². The molecule has 15 heavy (non-hydrogen) atoms. The van der Waals surface area contributed by atoms with Gasteiger partial charge in [-0.1, -0.05) is 18.2 Å². The van der Waals surface area contributed by atoms with E-state index in [1.54, 1.807) is 0 Å². The Hall–Kier alpha value is -1.81. The van der Waals surface area contributed by atoms with Crippen LogP contribution in [-0.4, -0.2) is 18.6 Å². The topological polar surface area (TPSA) is 58.0 Å². The van der Waals surface area contributed by atoms with Gasteiger partial charge in [-0.15, -0.1) is 0 Å². The molecule has 0 unspecified atom stereocenters. The number of hydrogen-bond donors (Lipinski definition) is 2. The van der Waals surface area contributed by atoms with E-state index in [9.17, 15) is 4.79 Å². The summed E-state index contributed by atoms with van der Waals surface area (Å²) in [4.78, 5) is 13.5.